The van der Waals surface area contributed by atoms with Gasteiger partial charge in [0.25, 0.3) is 5.91 Å². The molecule has 174 valence electrons. The van der Waals surface area contributed by atoms with Crippen LogP contribution in [0.2, 0.25) is 0 Å². The Morgan fingerprint density at radius 3 is 2.64 bits per heavy atom. The summed E-state index contributed by atoms with van der Waals surface area (Å²) >= 11 is 1.25. The fraction of sp³-hybridized carbons (Fsp3) is 0.0357. The van der Waals surface area contributed by atoms with Gasteiger partial charge in [0.15, 0.2) is 5.84 Å². The normalized spacial score (nSPS) is 16.2. The van der Waals surface area contributed by atoms with E-state index in [1.54, 1.807) is 18.5 Å². The third kappa shape index (κ3) is 4.18. The molecule has 3 heterocycles. The van der Waals surface area contributed by atoms with Crippen molar-refractivity contribution < 1.29 is 9.53 Å². The number of fused-ring (bicyclic) bond motifs is 2. The fourth-order valence-corrected chi connectivity index (χ4v) is 4.89. The highest BCUT2D eigenvalue weighted by atomic mass is 32.2. The molecule has 4 aromatic rings. The number of hydrogen-bond donors (Lipinski definition) is 1. The van der Waals surface area contributed by atoms with Crippen LogP contribution in [-0.2, 0) is 11.4 Å². The van der Waals surface area contributed by atoms with Crippen LogP contribution in [0.1, 0.15) is 16.7 Å². The van der Waals surface area contributed by atoms with Crippen LogP contribution < -0.4 is 4.74 Å². The highest BCUT2D eigenvalue weighted by Crippen LogP contribution is 2.31. The summed E-state index contributed by atoms with van der Waals surface area (Å²) < 4.78 is 6.01. The maximum absolute atomic E-state index is 12.7. The average molecular weight is 490 g/mol. The lowest BCUT2D eigenvalue weighted by Crippen LogP contribution is -2.35. The van der Waals surface area contributed by atoms with Crippen molar-refractivity contribution in [3.05, 3.63) is 114 Å². The van der Waals surface area contributed by atoms with Gasteiger partial charge in [-0.3, -0.25) is 15.2 Å². The molecule has 2 aliphatic rings. The number of ether oxygens (including phenoxy) is 1. The molecule has 0 bridgehead atoms. The number of thioether (sulfide) groups is 1. The molecule has 0 radical (unpaired) electrons. The number of rotatable bonds is 5. The minimum Gasteiger partial charge on any atom is -0.489 e. The summed E-state index contributed by atoms with van der Waals surface area (Å²) in [5.41, 5.74) is 2.87. The topological polar surface area (TPSA) is 91.0 Å². The minimum absolute atomic E-state index is 0.00678. The Hall–Kier alpha value is -4.56. The van der Waals surface area contributed by atoms with E-state index in [1.807, 2.05) is 54.6 Å². The number of nitrogens with zero attached hydrogens (tertiary/aromatic N) is 4. The Kier molecular flexibility index (Phi) is 5.63. The zero-order valence-corrected chi connectivity index (χ0v) is 19.8. The summed E-state index contributed by atoms with van der Waals surface area (Å²) in [5.74, 6) is 0.252. The summed E-state index contributed by atoms with van der Waals surface area (Å²) in [7, 11) is 0. The highest BCUT2D eigenvalue weighted by Gasteiger charge is 2.36. The maximum Gasteiger partial charge on any atom is 0.283 e. The predicted octanol–water partition coefficient (Wildman–Crippen LogP) is 5.48. The number of aliphatic imine (C=N–C) groups is 1. The van der Waals surface area contributed by atoms with Gasteiger partial charge in [0.2, 0.25) is 5.17 Å². The molecule has 0 spiro atoms. The summed E-state index contributed by atoms with van der Waals surface area (Å²) in [6.45, 7) is 0.451. The van der Waals surface area contributed by atoms with Crippen LogP contribution in [0, 0.1) is 5.41 Å². The number of amides is 1. The summed E-state index contributed by atoms with van der Waals surface area (Å²) in [5, 5.41) is 17.8. The molecule has 3 aromatic carbocycles. The lowest BCUT2D eigenvalue weighted by atomic mass is 10.1. The van der Waals surface area contributed by atoms with Crippen molar-refractivity contribution in [3.8, 4) is 5.75 Å². The molecule has 0 fully saturated rings. The Labute approximate surface area is 211 Å². The van der Waals surface area contributed by atoms with Gasteiger partial charge in [-0.25, -0.2) is 0 Å². The Balaban J connectivity index is 1.18. The van der Waals surface area contributed by atoms with Crippen LogP contribution in [0.3, 0.4) is 0 Å². The van der Waals surface area contributed by atoms with Crippen molar-refractivity contribution in [1.29, 1.82) is 5.41 Å². The quantitative estimate of drug-likeness (QED) is 0.375. The molecular weight excluding hydrogens is 470 g/mol. The molecule has 0 atom stereocenters. The third-order valence-electron chi connectivity index (χ3n) is 5.83. The van der Waals surface area contributed by atoms with Gasteiger partial charge in [0.1, 0.15) is 17.4 Å². The number of hydrazone groups is 1. The van der Waals surface area contributed by atoms with Crippen molar-refractivity contribution in [2.75, 3.05) is 0 Å². The average Bonchev–Trinajstić information content (AvgIpc) is 3.35. The first-order valence-electron chi connectivity index (χ1n) is 11.3. The molecule has 36 heavy (non-hydrogen) atoms. The Morgan fingerprint density at radius 1 is 0.972 bits per heavy atom. The van der Waals surface area contributed by atoms with Crippen molar-refractivity contribution >= 4 is 50.6 Å². The molecule has 1 aromatic heterocycles. The van der Waals surface area contributed by atoms with Crippen LogP contribution in [-0.4, -0.2) is 31.9 Å². The number of nitrogens with one attached hydrogen (secondary N) is 1. The number of pyridine rings is 1. The standard InChI is InChI=1S/C28H19N5O2S/c29-25-24(26(34)31-28-33(25)32-27(36-28)20-8-4-14-30-16-20)15-18-10-12-22(13-11-18)35-17-21-7-3-6-19-5-1-2-9-23(19)21/h1-16,29H,17H2/b24-15-,29-25?. The van der Waals surface area contributed by atoms with Crippen LogP contribution in [0.15, 0.2) is 107 Å². The van der Waals surface area contributed by atoms with Gasteiger partial charge in [-0.2, -0.15) is 15.1 Å². The highest BCUT2D eigenvalue weighted by molar-refractivity contribution is 8.27. The van der Waals surface area contributed by atoms with Crippen LogP contribution in [0.25, 0.3) is 16.8 Å². The second kappa shape index (κ2) is 9.24. The van der Waals surface area contributed by atoms with Crippen LogP contribution >= 0.6 is 11.8 Å². The third-order valence-corrected chi connectivity index (χ3v) is 6.79. The molecular formula is C28H19N5O2S. The molecule has 2 aliphatic heterocycles. The monoisotopic (exact) mass is 489 g/mol. The largest absolute Gasteiger partial charge is 0.489 e. The van der Waals surface area contributed by atoms with Gasteiger partial charge in [0, 0.05) is 18.0 Å². The molecule has 0 unspecified atom stereocenters. The van der Waals surface area contributed by atoms with Crippen molar-refractivity contribution in [1.82, 2.24) is 9.99 Å². The minimum atomic E-state index is -0.460. The Bertz CT molecular complexity index is 1590. The van der Waals surface area contributed by atoms with E-state index < -0.39 is 5.91 Å². The molecule has 0 saturated heterocycles. The number of amidine groups is 2. The first-order valence-corrected chi connectivity index (χ1v) is 12.1. The number of hydrogen-bond acceptors (Lipinski definition) is 6. The SMILES string of the molecule is N=C1/C(=C/c2ccc(OCc3cccc4ccccc34)cc2)C(=O)N=C2SC(c3cccnc3)=NN12. The zero-order valence-electron chi connectivity index (χ0n) is 19.0. The lowest BCUT2D eigenvalue weighted by molar-refractivity contribution is -0.114. The second-order valence-electron chi connectivity index (χ2n) is 8.16. The number of benzene rings is 3. The van der Waals surface area contributed by atoms with Crippen LogP contribution in [0.5, 0.6) is 5.75 Å². The molecule has 0 saturated carbocycles. The van der Waals surface area contributed by atoms with Gasteiger partial charge in [-0.1, -0.05) is 54.6 Å². The smallest absolute Gasteiger partial charge is 0.283 e. The van der Waals surface area contributed by atoms with E-state index in [0.717, 1.165) is 22.4 Å². The second-order valence-corrected chi connectivity index (χ2v) is 9.12. The van der Waals surface area contributed by atoms with Gasteiger partial charge >= 0.3 is 0 Å². The van der Waals surface area contributed by atoms with Crippen LogP contribution in [0.4, 0.5) is 0 Å². The van der Waals surface area contributed by atoms with Crippen molar-refractivity contribution in [2.24, 2.45) is 10.1 Å². The first kappa shape index (κ1) is 21.9. The number of carbonyl (C=O) groups excluding carboxylic acids is 1. The van der Waals surface area contributed by atoms with E-state index in [2.05, 4.69) is 39.3 Å². The molecule has 7 nitrogen and oxygen atoms in total. The van der Waals surface area contributed by atoms with Gasteiger partial charge in [0.05, 0.1) is 5.57 Å². The summed E-state index contributed by atoms with van der Waals surface area (Å²) in [6, 6.07) is 25.5. The van der Waals surface area contributed by atoms with Gasteiger partial charge in [-0.15, -0.1) is 0 Å². The first-order chi connectivity index (χ1) is 17.7. The molecule has 1 N–H and O–H groups in total. The van der Waals surface area contributed by atoms with Gasteiger partial charge in [-0.05, 0) is 64.0 Å². The molecule has 8 heteroatoms. The molecule has 1 amide bonds. The predicted molar refractivity (Wildman–Crippen MR) is 143 cm³/mol. The molecule has 6 rings (SSSR count). The van der Waals surface area contributed by atoms with Crippen molar-refractivity contribution in [3.63, 3.8) is 0 Å². The molecule has 0 aliphatic carbocycles. The van der Waals surface area contributed by atoms with E-state index in [-0.39, 0.29) is 11.4 Å². The van der Waals surface area contributed by atoms with E-state index in [1.165, 1.54) is 27.5 Å². The fourth-order valence-electron chi connectivity index (χ4n) is 4.00. The van der Waals surface area contributed by atoms with E-state index in [4.69, 9.17) is 10.1 Å². The Morgan fingerprint density at radius 2 is 1.81 bits per heavy atom. The van der Waals surface area contributed by atoms with E-state index in [0.29, 0.717) is 16.8 Å². The number of aromatic nitrogens is 1. The summed E-state index contributed by atoms with van der Waals surface area (Å²) in [6.07, 6.45) is 5.03. The summed E-state index contributed by atoms with van der Waals surface area (Å²) in [4.78, 5) is 21.0. The number of carbonyl (C=O) groups is 1. The van der Waals surface area contributed by atoms with E-state index >= 15 is 0 Å². The van der Waals surface area contributed by atoms with E-state index in [9.17, 15) is 4.79 Å². The maximum atomic E-state index is 12.7. The van der Waals surface area contributed by atoms with Crippen molar-refractivity contribution in [2.45, 2.75) is 6.61 Å². The zero-order chi connectivity index (χ0) is 24.5. The lowest BCUT2D eigenvalue weighted by Gasteiger charge is -2.20. The van der Waals surface area contributed by atoms with Gasteiger partial charge < -0.3 is 4.74 Å².